The molecule has 1 heteroatoms. The van der Waals surface area contributed by atoms with Crippen LogP contribution in [0.2, 0.25) is 0 Å². The van der Waals surface area contributed by atoms with Gasteiger partial charge in [-0.05, 0) is 43.2 Å². The Morgan fingerprint density at radius 1 is 0.882 bits per heavy atom. The Labute approximate surface area is 102 Å². The van der Waals surface area contributed by atoms with E-state index in [2.05, 4.69) is 24.3 Å². The smallest absolute Gasteiger partial charge is 0.127 e. The van der Waals surface area contributed by atoms with Crippen molar-refractivity contribution in [2.75, 3.05) is 0 Å². The number of hydrogen-bond acceptors (Lipinski definition) is 1. The lowest BCUT2D eigenvalue weighted by atomic mass is 10.1. The van der Waals surface area contributed by atoms with Crippen LogP contribution in [0, 0.1) is 0 Å². The molecule has 0 saturated carbocycles. The minimum absolute atomic E-state index is 0.869. The quantitative estimate of drug-likeness (QED) is 0.690. The summed E-state index contributed by atoms with van der Waals surface area (Å²) in [6.07, 6.45) is 5.18. The van der Waals surface area contributed by atoms with Gasteiger partial charge in [0.15, 0.2) is 0 Å². The molecule has 17 heavy (non-hydrogen) atoms. The van der Waals surface area contributed by atoms with E-state index >= 15 is 0 Å². The van der Waals surface area contributed by atoms with E-state index in [1.807, 2.05) is 49.4 Å². The van der Waals surface area contributed by atoms with Crippen molar-refractivity contribution in [3.8, 4) is 11.5 Å². The van der Waals surface area contributed by atoms with Gasteiger partial charge in [0.2, 0.25) is 0 Å². The third-order valence-corrected chi connectivity index (χ3v) is 2.49. The van der Waals surface area contributed by atoms with Gasteiger partial charge in [-0.15, -0.1) is 0 Å². The summed E-state index contributed by atoms with van der Waals surface area (Å²) in [5.74, 6) is 1.74. The first-order valence-corrected chi connectivity index (χ1v) is 5.81. The van der Waals surface area contributed by atoms with Gasteiger partial charge in [-0.3, -0.25) is 0 Å². The molecule has 0 N–H and O–H groups in total. The molecule has 0 aliphatic rings. The minimum atomic E-state index is 0.869. The monoisotopic (exact) mass is 224 g/mol. The Morgan fingerprint density at radius 3 is 2.18 bits per heavy atom. The van der Waals surface area contributed by atoms with E-state index in [1.165, 1.54) is 5.56 Å². The Morgan fingerprint density at radius 2 is 1.53 bits per heavy atom. The summed E-state index contributed by atoms with van der Waals surface area (Å²) in [4.78, 5) is 0. The van der Waals surface area contributed by atoms with E-state index in [0.717, 1.165) is 17.9 Å². The molecule has 0 aliphatic carbocycles. The first kappa shape index (κ1) is 11.5. The molecule has 2 rings (SSSR count). The molecule has 86 valence electrons. The topological polar surface area (TPSA) is 9.23 Å². The number of allylic oxidation sites excluding steroid dienone is 2. The summed E-state index contributed by atoms with van der Waals surface area (Å²) in [5.41, 5.74) is 1.29. The Bertz CT molecular complexity index is 469. The Hall–Kier alpha value is -2.02. The van der Waals surface area contributed by atoms with Crippen LogP contribution in [0.3, 0.4) is 0 Å². The van der Waals surface area contributed by atoms with Gasteiger partial charge in [-0.1, -0.05) is 42.5 Å². The van der Waals surface area contributed by atoms with E-state index < -0.39 is 0 Å². The Balaban J connectivity index is 2.03. The fourth-order valence-electron chi connectivity index (χ4n) is 1.57. The zero-order valence-corrected chi connectivity index (χ0v) is 9.97. The van der Waals surface area contributed by atoms with Gasteiger partial charge in [-0.25, -0.2) is 0 Å². The second kappa shape index (κ2) is 5.90. The van der Waals surface area contributed by atoms with Gasteiger partial charge in [0, 0.05) is 0 Å². The number of rotatable bonds is 4. The number of para-hydroxylation sites is 1. The van der Waals surface area contributed by atoms with Gasteiger partial charge >= 0.3 is 0 Å². The number of benzene rings is 2. The van der Waals surface area contributed by atoms with E-state index in [-0.39, 0.29) is 0 Å². The SMILES string of the molecule is CC=CCc1ccc(Oc2ccccc2)cc1. The van der Waals surface area contributed by atoms with E-state index in [0.29, 0.717) is 0 Å². The highest BCUT2D eigenvalue weighted by Crippen LogP contribution is 2.21. The maximum atomic E-state index is 5.72. The molecule has 0 bridgehead atoms. The standard InChI is InChI=1S/C16H16O/c1-2-3-7-14-10-12-16(13-11-14)17-15-8-5-4-6-9-15/h2-6,8-13H,7H2,1H3. The van der Waals surface area contributed by atoms with Crippen LogP contribution in [0.5, 0.6) is 11.5 Å². The predicted molar refractivity (Wildman–Crippen MR) is 71.5 cm³/mol. The van der Waals surface area contributed by atoms with Crippen LogP contribution in [0.4, 0.5) is 0 Å². The third-order valence-electron chi connectivity index (χ3n) is 2.49. The highest BCUT2D eigenvalue weighted by molar-refractivity contribution is 5.33. The summed E-state index contributed by atoms with van der Waals surface area (Å²) < 4.78 is 5.72. The van der Waals surface area contributed by atoms with Crippen molar-refractivity contribution in [3.63, 3.8) is 0 Å². The normalized spacial score (nSPS) is 10.6. The average Bonchev–Trinajstić information content (AvgIpc) is 2.39. The van der Waals surface area contributed by atoms with Gasteiger partial charge < -0.3 is 4.74 Å². The van der Waals surface area contributed by atoms with Gasteiger partial charge in [-0.2, -0.15) is 0 Å². The molecule has 0 atom stereocenters. The summed E-state index contributed by atoms with van der Waals surface area (Å²) in [7, 11) is 0. The van der Waals surface area contributed by atoms with Crippen molar-refractivity contribution >= 4 is 0 Å². The first-order valence-electron chi connectivity index (χ1n) is 5.81. The van der Waals surface area contributed by atoms with Crippen LogP contribution in [-0.2, 0) is 6.42 Å². The zero-order chi connectivity index (χ0) is 11.9. The molecular formula is C16H16O. The fourth-order valence-corrected chi connectivity index (χ4v) is 1.57. The van der Waals surface area contributed by atoms with Gasteiger partial charge in [0.05, 0.1) is 0 Å². The third kappa shape index (κ3) is 3.49. The molecule has 1 nitrogen and oxygen atoms in total. The van der Waals surface area contributed by atoms with Crippen LogP contribution >= 0.6 is 0 Å². The highest BCUT2D eigenvalue weighted by Gasteiger charge is 1.96. The van der Waals surface area contributed by atoms with Crippen molar-refractivity contribution < 1.29 is 4.74 Å². The van der Waals surface area contributed by atoms with Crippen molar-refractivity contribution in [2.24, 2.45) is 0 Å². The van der Waals surface area contributed by atoms with E-state index in [4.69, 9.17) is 4.74 Å². The molecule has 0 fully saturated rings. The van der Waals surface area contributed by atoms with Crippen LogP contribution in [0.25, 0.3) is 0 Å². The number of ether oxygens (including phenoxy) is 1. The van der Waals surface area contributed by atoms with E-state index in [9.17, 15) is 0 Å². The Kier molecular flexibility index (Phi) is 3.98. The molecule has 0 heterocycles. The lowest BCUT2D eigenvalue weighted by Gasteiger charge is -2.05. The summed E-state index contributed by atoms with van der Waals surface area (Å²) >= 11 is 0. The summed E-state index contributed by atoms with van der Waals surface area (Å²) in [5, 5.41) is 0. The predicted octanol–water partition coefficient (Wildman–Crippen LogP) is 4.60. The summed E-state index contributed by atoms with van der Waals surface area (Å²) in [6.45, 7) is 2.03. The minimum Gasteiger partial charge on any atom is -0.457 e. The van der Waals surface area contributed by atoms with Gasteiger partial charge in [0.25, 0.3) is 0 Å². The second-order valence-corrected chi connectivity index (χ2v) is 3.83. The van der Waals surface area contributed by atoms with Crippen molar-refractivity contribution in [1.82, 2.24) is 0 Å². The molecule has 0 aliphatic heterocycles. The van der Waals surface area contributed by atoms with E-state index in [1.54, 1.807) is 0 Å². The molecule has 2 aromatic rings. The fraction of sp³-hybridized carbons (Fsp3) is 0.125. The van der Waals surface area contributed by atoms with Crippen molar-refractivity contribution in [3.05, 3.63) is 72.3 Å². The first-order chi connectivity index (χ1) is 8.38. The highest BCUT2D eigenvalue weighted by atomic mass is 16.5. The molecule has 0 aromatic heterocycles. The molecule has 0 saturated heterocycles. The van der Waals surface area contributed by atoms with Crippen LogP contribution in [-0.4, -0.2) is 0 Å². The second-order valence-electron chi connectivity index (χ2n) is 3.83. The maximum absolute atomic E-state index is 5.72. The van der Waals surface area contributed by atoms with Crippen molar-refractivity contribution in [2.45, 2.75) is 13.3 Å². The largest absolute Gasteiger partial charge is 0.457 e. The van der Waals surface area contributed by atoms with Crippen LogP contribution in [0.1, 0.15) is 12.5 Å². The van der Waals surface area contributed by atoms with Crippen LogP contribution < -0.4 is 4.74 Å². The molecule has 0 amide bonds. The number of hydrogen-bond donors (Lipinski definition) is 0. The molecule has 0 radical (unpaired) electrons. The lowest BCUT2D eigenvalue weighted by molar-refractivity contribution is 0.482. The molecular weight excluding hydrogens is 208 g/mol. The maximum Gasteiger partial charge on any atom is 0.127 e. The molecule has 0 spiro atoms. The van der Waals surface area contributed by atoms with Crippen molar-refractivity contribution in [1.29, 1.82) is 0 Å². The van der Waals surface area contributed by atoms with Crippen LogP contribution in [0.15, 0.2) is 66.7 Å². The molecule has 0 unspecified atom stereocenters. The lowest BCUT2D eigenvalue weighted by Crippen LogP contribution is -1.85. The summed E-state index contributed by atoms with van der Waals surface area (Å²) in [6, 6.07) is 18.0. The van der Waals surface area contributed by atoms with Gasteiger partial charge in [0.1, 0.15) is 11.5 Å². The molecule has 2 aromatic carbocycles. The zero-order valence-electron chi connectivity index (χ0n) is 9.97. The average molecular weight is 224 g/mol.